The average molecular weight is 515 g/mol. The van der Waals surface area contributed by atoms with Crippen LogP contribution in [0.15, 0.2) is 62.7 Å². The standard InChI is InChI=1S/C24H23BrN2O6/c1-29-15-6-7-16(21(12-15)31-3)17-13-18(14-5-8-19(30-2)22(11-14)32-4)27(26-17)24(28)20-9-10-23(25)33-20/h5-12,18H,13H2,1-4H3. The van der Waals surface area contributed by atoms with Gasteiger partial charge in [0, 0.05) is 18.1 Å². The van der Waals surface area contributed by atoms with Crippen LogP contribution in [0.3, 0.4) is 0 Å². The Bertz CT molecular complexity index is 1210. The molecule has 0 fully saturated rings. The van der Waals surface area contributed by atoms with E-state index in [0.717, 1.165) is 11.1 Å². The summed E-state index contributed by atoms with van der Waals surface area (Å²) in [5, 5.41) is 6.13. The molecule has 1 aromatic heterocycles. The lowest BCUT2D eigenvalue weighted by atomic mass is 9.97. The lowest BCUT2D eigenvalue weighted by Crippen LogP contribution is -2.26. The highest BCUT2D eigenvalue weighted by Gasteiger charge is 2.36. The molecule has 1 aliphatic heterocycles. The molecule has 1 amide bonds. The highest BCUT2D eigenvalue weighted by Crippen LogP contribution is 2.40. The highest BCUT2D eigenvalue weighted by molar-refractivity contribution is 9.10. The van der Waals surface area contributed by atoms with Crippen LogP contribution < -0.4 is 18.9 Å². The minimum atomic E-state index is -0.386. The first-order chi connectivity index (χ1) is 16.0. The molecule has 0 spiro atoms. The van der Waals surface area contributed by atoms with E-state index >= 15 is 0 Å². The fourth-order valence-electron chi connectivity index (χ4n) is 3.76. The third kappa shape index (κ3) is 4.41. The van der Waals surface area contributed by atoms with Gasteiger partial charge >= 0.3 is 5.91 Å². The number of hydrogen-bond acceptors (Lipinski definition) is 7. The van der Waals surface area contributed by atoms with Crippen LogP contribution in [0.1, 0.15) is 34.1 Å². The Balaban J connectivity index is 1.78. The Hall–Kier alpha value is -3.46. The van der Waals surface area contributed by atoms with Crippen LogP contribution in [0.25, 0.3) is 0 Å². The van der Waals surface area contributed by atoms with Gasteiger partial charge in [-0.2, -0.15) is 5.10 Å². The molecule has 2 heterocycles. The molecule has 33 heavy (non-hydrogen) atoms. The summed E-state index contributed by atoms with van der Waals surface area (Å²) in [4.78, 5) is 13.4. The summed E-state index contributed by atoms with van der Waals surface area (Å²) in [5.74, 6) is 2.26. The molecule has 172 valence electrons. The molecule has 1 atom stereocenters. The number of furan rings is 1. The lowest BCUT2D eigenvalue weighted by molar-refractivity contribution is 0.0677. The molecule has 0 N–H and O–H groups in total. The summed E-state index contributed by atoms with van der Waals surface area (Å²) in [6.45, 7) is 0. The molecule has 3 aromatic rings. The summed E-state index contributed by atoms with van der Waals surface area (Å²) in [7, 11) is 6.33. The van der Waals surface area contributed by atoms with Gasteiger partial charge in [0.05, 0.1) is 40.2 Å². The summed E-state index contributed by atoms with van der Waals surface area (Å²) in [6.07, 6.45) is 0.464. The van der Waals surface area contributed by atoms with Crippen molar-refractivity contribution in [1.82, 2.24) is 5.01 Å². The first-order valence-electron chi connectivity index (χ1n) is 10.1. The van der Waals surface area contributed by atoms with Crippen LogP contribution in [0, 0.1) is 0 Å². The second kappa shape index (κ2) is 9.58. The molecule has 0 saturated carbocycles. The summed E-state index contributed by atoms with van der Waals surface area (Å²) < 4.78 is 27.7. The number of ether oxygens (including phenoxy) is 4. The van der Waals surface area contributed by atoms with Crippen molar-refractivity contribution >= 4 is 27.5 Å². The topological polar surface area (TPSA) is 82.7 Å². The zero-order chi connectivity index (χ0) is 23.5. The second-order valence-electron chi connectivity index (χ2n) is 7.20. The molecular formula is C24H23BrN2O6. The fourth-order valence-corrected chi connectivity index (χ4v) is 4.07. The number of nitrogens with zero attached hydrogens (tertiary/aromatic N) is 2. The Labute approximate surface area is 199 Å². The number of halogens is 1. The maximum Gasteiger partial charge on any atom is 0.310 e. The van der Waals surface area contributed by atoms with E-state index < -0.39 is 0 Å². The van der Waals surface area contributed by atoms with E-state index in [-0.39, 0.29) is 17.7 Å². The monoisotopic (exact) mass is 514 g/mol. The van der Waals surface area contributed by atoms with Crippen molar-refractivity contribution in [2.75, 3.05) is 28.4 Å². The largest absolute Gasteiger partial charge is 0.497 e. The van der Waals surface area contributed by atoms with Crippen LogP contribution in [-0.2, 0) is 0 Å². The van der Waals surface area contributed by atoms with Crippen LogP contribution >= 0.6 is 15.9 Å². The molecule has 1 unspecified atom stereocenters. The molecule has 0 aliphatic carbocycles. The Kier molecular flexibility index (Phi) is 6.60. The second-order valence-corrected chi connectivity index (χ2v) is 7.98. The fraction of sp³-hybridized carbons (Fsp3) is 0.250. The lowest BCUT2D eigenvalue weighted by Gasteiger charge is -2.22. The minimum Gasteiger partial charge on any atom is -0.497 e. The summed E-state index contributed by atoms with van der Waals surface area (Å²) >= 11 is 3.25. The van der Waals surface area contributed by atoms with Gasteiger partial charge in [-0.1, -0.05) is 6.07 Å². The van der Waals surface area contributed by atoms with Gasteiger partial charge in [0.15, 0.2) is 21.9 Å². The van der Waals surface area contributed by atoms with Crippen molar-refractivity contribution in [2.24, 2.45) is 5.10 Å². The van der Waals surface area contributed by atoms with E-state index in [1.807, 2.05) is 30.3 Å². The van der Waals surface area contributed by atoms with Crippen molar-refractivity contribution in [2.45, 2.75) is 12.5 Å². The normalized spacial score (nSPS) is 15.2. The predicted molar refractivity (Wildman–Crippen MR) is 126 cm³/mol. The van der Waals surface area contributed by atoms with Gasteiger partial charge < -0.3 is 23.4 Å². The van der Waals surface area contributed by atoms with Gasteiger partial charge in [0.25, 0.3) is 0 Å². The van der Waals surface area contributed by atoms with Crippen molar-refractivity contribution in [3.63, 3.8) is 0 Å². The van der Waals surface area contributed by atoms with Crippen molar-refractivity contribution in [3.05, 3.63) is 70.1 Å². The van der Waals surface area contributed by atoms with Crippen molar-refractivity contribution in [1.29, 1.82) is 0 Å². The van der Waals surface area contributed by atoms with E-state index in [1.165, 1.54) is 5.01 Å². The number of rotatable bonds is 7. The van der Waals surface area contributed by atoms with Crippen molar-refractivity contribution < 1.29 is 28.2 Å². The first-order valence-corrected chi connectivity index (χ1v) is 10.9. The van der Waals surface area contributed by atoms with Gasteiger partial charge in [-0.15, -0.1) is 0 Å². The molecule has 0 saturated heterocycles. The quantitative estimate of drug-likeness (QED) is 0.437. The maximum atomic E-state index is 13.4. The van der Waals surface area contributed by atoms with Crippen LogP contribution in [0.4, 0.5) is 0 Å². The molecule has 2 aromatic carbocycles. The van der Waals surface area contributed by atoms with E-state index in [2.05, 4.69) is 15.9 Å². The van der Waals surface area contributed by atoms with E-state index in [1.54, 1.807) is 46.6 Å². The maximum absolute atomic E-state index is 13.4. The van der Waals surface area contributed by atoms with Crippen LogP contribution in [-0.4, -0.2) is 45.1 Å². The number of benzene rings is 2. The molecular weight excluding hydrogens is 492 g/mol. The van der Waals surface area contributed by atoms with Crippen LogP contribution in [0.5, 0.6) is 23.0 Å². The average Bonchev–Trinajstić information content (AvgIpc) is 3.49. The van der Waals surface area contributed by atoms with E-state index in [9.17, 15) is 4.79 Å². The molecule has 0 radical (unpaired) electrons. The van der Waals surface area contributed by atoms with Gasteiger partial charge in [-0.25, -0.2) is 5.01 Å². The Morgan fingerprint density at radius 3 is 2.33 bits per heavy atom. The van der Waals surface area contributed by atoms with E-state index in [4.69, 9.17) is 28.5 Å². The van der Waals surface area contributed by atoms with Gasteiger partial charge in [-0.3, -0.25) is 4.79 Å². The summed E-state index contributed by atoms with van der Waals surface area (Å²) in [6, 6.07) is 14.0. The Morgan fingerprint density at radius 1 is 0.939 bits per heavy atom. The third-order valence-corrected chi connectivity index (χ3v) is 5.84. The van der Waals surface area contributed by atoms with E-state index in [0.29, 0.717) is 39.8 Å². The minimum absolute atomic E-state index is 0.180. The number of hydrazone groups is 1. The Morgan fingerprint density at radius 2 is 1.70 bits per heavy atom. The number of amides is 1. The SMILES string of the molecule is COc1ccc(C2=NN(C(=O)c3ccc(Br)o3)C(c3ccc(OC)c(OC)c3)C2)c(OC)c1. The number of carbonyl (C=O) groups is 1. The molecule has 0 bridgehead atoms. The van der Waals surface area contributed by atoms with Crippen LogP contribution in [0.2, 0.25) is 0 Å². The molecule has 8 nitrogen and oxygen atoms in total. The number of hydrogen-bond donors (Lipinski definition) is 0. The zero-order valence-electron chi connectivity index (χ0n) is 18.6. The molecule has 9 heteroatoms. The molecule has 4 rings (SSSR count). The number of carbonyl (C=O) groups excluding carboxylic acids is 1. The van der Waals surface area contributed by atoms with Gasteiger partial charge in [0.2, 0.25) is 0 Å². The van der Waals surface area contributed by atoms with Gasteiger partial charge in [-0.05, 0) is 57.9 Å². The zero-order valence-corrected chi connectivity index (χ0v) is 20.2. The third-order valence-electron chi connectivity index (χ3n) is 5.41. The smallest absolute Gasteiger partial charge is 0.310 e. The predicted octanol–water partition coefficient (Wildman–Crippen LogP) is 5.07. The highest BCUT2D eigenvalue weighted by atomic mass is 79.9. The van der Waals surface area contributed by atoms with Gasteiger partial charge in [0.1, 0.15) is 11.5 Å². The first kappa shape index (κ1) is 22.7. The summed E-state index contributed by atoms with van der Waals surface area (Å²) in [5.41, 5.74) is 2.32. The number of methoxy groups -OCH3 is 4. The molecule has 1 aliphatic rings. The van der Waals surface area contributed by atoms with Crippen molar-refractivity contribution in [3.8, 4) is 23.0 Å².